The molecule has 4 N–H and O–H groups in total. The Morgan fingerprint density at radius 2 is 2.19 bits per heavy atom. The quantitative estimate of drug-likeness (QED) is 0.713. The van der Waals surface area contributed by atoms with Crippen LogP contribution in [0.15, 0.2) is 11.6 Å². The topological polar surface area (TPSA) is 71.2 Å². The van der Waals surface area contributed by atoms with Gasteiger partial charge in [0.05, 0.1) is 11.6 Å². The molecule has 1 aromatic heterocycles. The first-order valence-electron chi connectivity index (χ1n) is 5.81. The lowest BCUT2D eigenvalue weighted by atomic mass is 9.79. The molecule has 0 aliphatic carbocycles. The molecular formula is C11H17N3OS. The third kappa shape index (κ3) is 1.68. The van der Waals surface area contributed by atoms with E-state index in [4.69, 9.17) is 5.73 Å². The molecule has 2 aliphatic heterocycles. The third-order valence-electron chi connectivity index (χ3n) is 3.92. The molecule has 88 valence electrons. The fraction of sp³-hybridized carbons (Fsp3) is 0.727. The van der Waals surface area contributed by atoms with E-state index in [-0.39, 0.29) is 6.04 Å². The zero-order valence-electron chi connectivity index (χ0n) is 9.10. The molecule has 3 unspecified atom stereocenters. The number of nitrogens with zero attached hydrogens (tertiary/aromatic N) is 1. The number of fused-ring (bicyclic) bond motifs is 2. The average Bonchev–Trinajstić information content (AvgIpc) is 2.87. The van der Waals surface area contributed by atoms with Crippen molar-refractivity contribution in [3.63, 3.8) is 0 Å². The number of aromatic nitrogens is 1. The second kappa shape index (κ2) is 3.77. The summed E-state index contributed by atoms with van der Waals surface area (Å²) in [4.78, 5) is 0. The zero-order valence-corrected chi connectivity index (χ0v) is 9.91. The van der Waals surface area contributed by atoms with Gasteiger partial charge in [-0.15, -0.1) is 0 Å². The predicted octanol–water partition coefficient (Wildman–Crippen LogP) is 0.788. The van der Waals surface area contributed by atoms with Gasteiger partial charge in [-0.2, -0.15) is 0 Å². The monoisotopic (exact) mass is 239 g/mol. The second-order valence-corrected chi connectivity index (χ2v) is 5.74. The van der Waals surface area contributed by atoms with E-state index >= 15 is 0 Å². The molecule has 0 aromatic carbocycles. The summed E-state index contributed by atoms with van der Waals surface area (Å²) in [5, 5.41) is 16.2. The summed E-state index contributed by atoms with van der Waals surface area (Å²) in [7, 11) is 0. The molecular weight excluding hydrogens is 222 g/mol. The van der Waals surface area contributed by atoms with Gasteiger partial charge in [-0.3, -0.25) is 0 Å². The van der Waals surface area contributed by atoms with Crippen LogP contribution in [0.25, 0.3) is 0 Å². The summed E-state index contributed by atoms with van der Waals surface area (Å²) in [5.41, 5.74) is 6.41. The van der Waals surface area contributed by atoms with Crippen LogP contribution in [-0.2, 0) is 0 Å². The number of nitrogens with two attached hydrogens (primary N) is 1. The standard InChI is InChI=1S/C11H17N3OS/c12-10(7-5-13-16-6-7)11(15)3-8-1-2-9(4-11)14-8/h5-6,8-10,14-15H,1-4,12H2. The summed E-state index contributed by atoms with van der Waals surface area (Å²) in [6.45, 7) is 0. The van der Waals surface area contributed by atoms with Crippen molar-refractivity contribution in [1.82, 2.24) is 9.69 Å². The number of nitrogens with one attached hydrogen (secondary N) is 1. The summed E-state index contributed by atoms with van der Waals surface area (Å²) >= 11 is 1.39. The normalized spacial score (nSPS) is 39.9. The van der Waals surface area contributed by atoms with Crippen LogP contribution in [0.3, 0.4) is 0 Å². The summed E-state index contributed by atoms with van der Waals surface area (Å²) < 4.78 is 4.06. The minimum Gasteiger partial charge on any atom is -0.388 e. The van der Waals surface area contributed by atoms with Gasteiger partial charge in [-0.1, -0.05) is 0 Å². The van der Waals surface area contributed by atoms with E-state index in [1.165, 1.54) is 24.4 Å². The first-order valence-corrected chi connectivity index (χ1v) is 6.64. The third-order valence-corrected chi connectivity index (χ3v) is 4.53. The van der Waals surface area contributed by atoms with E-state index in [1.54, 1.807) is 6.20 Å². The van der Waals surface area contributed by atoms with Gasteiger partial charge in [0.2, 0.25) is 0 Å². The molecule has 2 aliphatic rings. The van der Waals surface area contributed by atoms with Gasteiger partial charge in [0.15, 0.2) is 0 Å². The lowest BCUT2D eigenvalue weighted by molar-refractivity contribution is -0.0297. The van der Waals surface area contributed by atoms with Crippen LogP contribution in [0.5, 0.6) is 0 Å². The van der Waals surface area contributed by atoms with E-state index in [0.717, 1.165) is 18.4 Å². The minimum atomic E-state index is -0.750. The van der Waals surface area contributed by atoms with Crippen LogP contribution in [0.1, 0.15) is 37.3 Å². The Morgan fingerprint density at radius 3 is 2.75 bits per heavy atom. The smallest absolute Gasteiger partial charge is 0.0869 e. The number of rotatable bonds is 2. The van der Waals surface area contributed by atoms with Gasteiger partial charge < -0.3 is 16.2 Å². The molecule has 0 amide bonds. The van der Waals surface area contributed by atoms with E-state index in [0.29, 0.717) is 12.1 Å². The van der Waals surface area contributed by atoms with Crippen molar-refractivity contribution in [3.05, 3.63) is 17.1 Å². The first kappa shape index (κ1) is 10.7. The Balaban J connectivity index is 1.82. The molecule has 3 atom stereocenters. The Kier molecular flexibility index (Phi) is 2.51. The van der Waals surface area contributed by atoms with Gasteiger partial charge >= 0.3 is 0 Å². The van der Waals surface area contributed by atoms with Crippen molar-refractivity contribution in [2.24, 2.45) is 5.73 Å². The summed E-state index contributed by atoms with van der Waals surface area (Å²) in [5.74, 6) is 0. The van der Waals surface area contributed by atoms with E-state index in [1.807, 2.05) is 5.38 Å². The maximum Gasteiger partial charge on any atom is 0.0869 e. The number of hydrogen-bond acceptors (Lipinski definition) is 5. The SMILES string of the molecule is NC(c1cnsc1)C1(O)CC2CCC(C1)N2. The summed E-state index contributed by atoms with van der Waals surface area (Å²) in [6, 6.07) is 0.597. The van der Waals surface area contributed by atoms with E-state index < -0.39 is 5.60 Å². The number of aliphatic hydroxyl groups is 1. The van der Waals surface area contributed by atoms with E-state index in [9.17, 15) is 5.11 Å². The van der Waals surface area contributed by atoms with Crippen LogP contribution in [0, 0.1) is 0 Å². The fourth-order valence-corrected chi connectivity index (χ4v) is 3.66. The molecule has 5 heteroatoms. The van der Waals surface area contributed by atoms with Crippen LogP contribution in [0.4, 0.5) is 0 Å². The highest BCUT2D eigenvalue weighted by atomic mass is 32.1. The zero-order chi connectivity index (χ0) is 11.2. The van der Waals surface area contributed by atoms with Crippen molar-refractivity contribution >= 4 is 11.5 Å². The van der Waals surface area contributed by atoms with Gasteiger partial charge in [-0.05, 0) is 37.2 Å². The molecule has 0 spiro atoms. The molecule has 3 rings (SSSR count). The highest BCUT2D eigenvalue weighted by Crippen LogP contribution is 2.40. The molecule has 16 heavy (non-hydrogen) atoms. The Hall–Kier alpha value is -0.490. The molecule has 2 saturated heterocycles. The van der Waals surface area contributed by atoms with Crippen LogP contribution in [0.2, 0.25) is 0 Å². The second-order valence-electron chi connectivity index (χ2n) is 5.09. The molecule has 0 saturated carbocycles. The highest BCUT2D eigenvalue weighted by molar-refractivity contribution is 7.03. The lowest BCUT2D eigenvalue weighted by Crippen LogP contribution is -2.53. The molecule has 0 radical (unpaired) electrons. The van der Waals surface area contributed by atoms with Gasteiger partial charge in [0.1, 0.15) is 0 Å². The van der Waals surface area contributed by atoms with Gasteiger partial charge in [0.25, 0.3) is 0 Å². The van der Waals surface area contributed by atoms with Gasteiger partial charge in [-0.25, -0.2) is 4.37 Å². The lowest BCUT2D eigenvalue weighted by Gasteiger charge is -2.40. The molecule has 2 bridgehead atoms. The van der Waals surface area contributed by atoms with Crippen LogP contribution in [-0.4, -0.2) is 27.2 Å². The molecule has 1 aromatic rings. The minimum absolute atomic E-state index is 0.295. The predicted molar refractivity (Wildman–Crippen MR) is 63.2 cm³/mol. The molecule has 4 nitrogen and oxygen atoms in total. The Bertz CT molecular complexity index is 355. The fourth-order valence-electron chi connectivity index (χ4n) is 3.09. The molecule has 2 fully saturated rings. The van der Waals surface area contributed by atoms with Crippen LogP contribution < -0.4 is 11.1 Å². The van der Waals surface area contributed by atoms with Gasteiger partial charge in [0, 0.05) is 29.2 Å². The van der Waals surface area contributed by atoms with Crippen molar-refractivity contribution in [1.29, 1.82) is 0 Å². The molecule has 3 heterocycles. The maximum atomic E-state index is 10.7. The Morgan fingerprint density at radius 1 is 1.50 bits per heavy atom. The summed E-state index contributed by atoms with van der Waals surface area (Å²) in [6.07, 6.45) is 5.64. The van der Waals surface area contributed by atoms with E-state index in [2.05, 4.69) is 9.69 Å². The largest absolute Gasteiger partial charge is 0.388 e. The van der Waals surface area contributed by atoms with Crippen LogP contribution >= 0.6 is 11.5 Å². The first-order chi connectivity index (χ1) is 7.67. The Labute approximate surface area is 99.0 Å². The van der Waals surface area contributed by atoms with Crippen molar-refractivity contribution in [3.8, 4) is 0 Å². The number of hydrogen-bond donors (Lipinski definition) is 3. The number of piperidine rings is 1. The van der Waals surface area contributed by atoms with Crippen molar-refractivity contribution < 1.29 is 5.11 Å². The maximum absolute atomic E-state index is 10.7. The van der Waals surface area contributed by atoms with Crippen molar-refractivity contribution in [2.45, 2.75) is 49.4 Å². The highest BCUT2D eigenvalue weighted by Gasteiger charge is 2.46. The van der Waals surface area contributed by atoms with Crippen molar-refractivity contribution in [2.75, 3.05) is 0 Å². The average molecular weight is 239 g/mol.